The lowest BCUT2D eigenvalue weighted by Gasteiger charge is -2.26. The third-order valence-corrected chi connectivity index (χ3v) is 6.56. The molecular formula is C20H23N3O5S. The van der Waals surface area contributed by atoms with E-state index in [1.807, 2.05) is 6.92 Å². The van der Waals surface area contributed by atoms with Gasteiger partial charge in [-0.3, -0.25) is 20.4 Å². The second-order valence-corrected chi connectivity index (χ2v) is 8.71. The molecule has 0 radical (unpaired) electrons. The van der Waals surface area contributed by atoms with Crippen LogP contribution in [0.25, 0.3) is 0 Å². The molecule has 0 atom stereocenters. The summed E-state index contributed by atoms with van der Waals surface area (Å²) in [4.78, 5) is 24.8. The van der Waals surface area contributed by atoms with E-state index < -0.39 is 21.8 Å². The molecule has 1 saturated heterocycles. The van der Waals surface area contributed by atoms with Gasteiger partial charge in [-0.1, -0.05) is 23.8 Å². The number of morpholine rings is 1. The minimum atomic E-state index is -3.73. The largest absolute Gasteiger partial charge is 0.379 e. The van der Waals surface area contributed by atoms with Crippen LogP contribution < -0.4 is 10.9 Å². The van der Waals surface area contributed by atoms with Crippen LogP contribution in [0.5, 0.6) is 0 Å². The molecule has 0 aromatic heterocycles. The van der Waals surface area contributed by atoms with Crippen LogP contribution in [0.4, 0.5) is 0 Å². The number of nitrogens with zero attached hydrogens (tertiary/aromatic N) is 1. The highest BCUT2D eigenvalue weighted by molar-refractivity contribution is 7.89. The van der Waals surface area contributed by atoms with Gasteiger partial charge in [0.25, 0.3) is 11.8 Å². The molecule has 1 fully saturated rings. The summed E-state index contributed by atoms with van der Waals surface area (Å²) < 4.78 is 32.2. The molecule has 0 spiro atoms. The lowest BCUT2D eigenvalue weighted by molar-refractivity contribution is 0.0730. The Hall–Kier alpha value is -2.75. The Morgan fingerprint density at radius 3 is 2.21 bits per heavy atom. The summed E-state index contributed by atoms with van der Waals surface area (Å²) in [6.07, 6.45) is 0. The number of nitrogens with one attached hydrogen (secondary N) is 2. The molecule has 0 saturated carbocycles. The van der Waals surface area contributed by atoms with Crippen molar-refractivity contribution in [1.82, 2.24) is 15.2 Å². The van der Waals surface area contributed by atoms with Crippen molar-refractivity contribution in [2.75, 3.05) is 26.3 Å². The number of amides is 2. The molecule has 9 heteroatoms. The third-order valence-electron chi connectivity index (χ3n) is 4.66. The number of ether oxygens (including phenoxy) is 1. The molecule has 1 aliphatic heterocycles. The van der Waals surface area contributed by atoms with Crippen LogP contribution in [0.1, 0.15) is 31.8 Å². The van der Waals surface area contributed by atoms with Crippen molar-refractivity contribution < 1.29 is 22.7 Å². The van der Waals surface area contributed by atoms with E-state index in [-0.39, 0.29) is 23.5 Å². The molecule has 0 bridgehead atoms. The molecular weight excluding hydrogens is 394 g/mol. The lowest BCUT2D eigenvalue weighted by atomic mass is 10.1. The zero-order valence-corrected chi connectivity index (χ0v) is 17.1. The van der Waals surface area contributed by atoms with E-state index in [0.717, 1.165) is 5.56 Å². The van der Waals surface area contributed by atoms with Crippen LogP contribution in [0, 0.1) is 13.8 Å². The number of hydrazine groups is 1. The SMILES string of the molecule is Cc1ccc(C(=O)NNC(=O)c2cc(S(=O)(=O)N3CCOCC3)ccc2C)cc1. The molecule has 2 amide bonds. The van der Waals surface area contributed by atoms with Crippen molar-refractivity contribution in [2.45, 2.75) is 18.7 Å². The third kappa shape index (κ3) is 4.81. The Morgan fingerprint density at radius 1 is 0.931 bits per heavy atom. The first kappa shape index (κ1) is 21.0. The summed E-state index contributed by atoms with van der Waals surface area (Å²) in [5, 5.41) is 0. The normalized spacial score (nSPS) is 15.0. The van der Waals surface area contributed by atoms with Gasteiger partial charge in [0.2, 0.25) is 10.0 Å². The Kier molecular flexibility index (Phi) is 6.31. The topological polar surface area (TPSA) is 105 Å². The molecule has 1 heterocycles. The maximum Gasteiger partial charge on any atom is 0.270 e. The zero-order valence-electron chi connectivity index (χ0n) is 16.3. The molecule has 2 N–H and O–H groups in total. The standard InChI is InChI=1S/C20H23N3O5S/c1-14-3-6-16(7-4-14)19(24)21-22-20(25)18-13-17(8-5-15(18)2)29(26,27)23-9-11-28-12-10-23/h3-8,13H,9-12H2,1-2H3,(H,21,24)(H,22,25). The number of hydrogen-bond donors (Lipinski definition) is 2. The van der Waals surface area contributed by atoms with Gasteiger partial charge < -0.3 is 4.74 Å². The Labute approximate surface area is 169 Å². The highest BCUT2D eigenvalue weighted by Gasteiger charge is 2.27. The van der Waals surface area contributed by atoms with Crippen molar-refractivity contribution in [3.63, 3.8) is 0 Å². The van der Waals surface area contributed by atoms with E-state index in [0.29, 0.717) is 24.3 Å². The van der Waals surface area contributed by atoms with Gasteiger partial charge in [0.05, 0.1) is 18.1 Å². The quantitative estimate of drug-likeness (QED) is 0.732. The molecule has 1 aliphatic rings. The summed E-state index contributed by atoms with van der Waals surface area (Å²) in [5.74, 6) is -1.06. The fraction of sp³-hybridized carbons (Fsp3) is 0.300. The van der Waals surface area contributed by atoms with Gasteiger partial charge in [-0.15, -0.1) is 0 Å². The van der Waals surface area contributed by atoms with E-state index >= 15 is 0 Å². The molecule has 2 aromatic carbocycles. The fourth-order valence-electron chi connectivity index (χ4n) is 2.90. The Balaban J connectivity index is 1.74. The van der Waals surface area contributed by atoms with Crippen LogP contribution in [-0.2, 0) is 14.8 Å². The minimum Gasteiger partial charge on any atom is -0.379 e. The minimum absolute atomic E-state index is 0.0278. The number of rotatable bonds is 4. The summed E-state index contributed by atoms with van der Waals surface area (Å²) >= 11 is 0. The van der Waals surface area contributed by atoms with E-state index in [2.05, 4.69) is 10.9 Å². The van der Waals surface area contributed by atoms with Crippen molar-refractivity contribution in [2.24, 2.45) is 0 Å². The van der Waals surface area contributed by atoms with Gasteiger partial charge >= 0.3 is 0 Å². The van der Waals surface area contributed by atoms with E-state index in [1.54, 1.807) is 37.3 Å². The van der Waals surface area contributed by atoms with E-state index in [1.165, 1.54) is 16.4 Å². The van der Waals surface area contributed by atoms with Crippen molar-refractivity contribution in [3.8, 4) is 0 Å². The number of carbonyl (C=O) groups is 2. The average molecular weight is 417 g/mol. The van der Waals surface area contributed by atoms with Gasteiger partial charge in [0.15, 0.2) is 0 Å². The number of benzene rings is 2. The first-order chi connectivity index (χ1) is 13.8. The summed E-state index contributed by atoms with van der Waals surface area (Å²) in [6, 6.07) is 11.3. The van der Waals surface area contributed by atoms with Crippen LogP contribution in [0.15, 0.2) is 47.4 Å². The van der Waals surface area contributed by atoms with Gasteiger partial charge in [0, 0.05) is 24.2 Å². The van der Waals surface area contributed by atoms with Crippen LogP contribution in [0.3, 0.4) is 0 Å². The zero-order chi connectivity index (χ0) is 21.0. The average Bonchev–Trinajstić information content (AvgIpc) is 2.73. The molecule has 29 heavy (non-hydrogen) atoms. The monoisotopic (exact) mass is 417 g/mol. The van der Waals surface area contributed by atoms with Gasteiger partial charge in [0.1, 0.15) is 0 Å². The predicted molar refractivity (Wildman–Crippen MR) is 107 cm³/mol. The van der Waals surface area contributed by atoms with Gasteiger partial charge in [-0.05, 0) is 43.7 Å². The van der Waals surface area contributed by atoms with Crippen molar-refractivity contribution in [3.05, 3.63) is 64.7 Å². The second kappa shape index (κ2) is 8.73. The highest BCUT2D eigenvalue weighted by Crippen LogP contribution is 2.20. The summed E-state index contributed by atoms with van der Waals surface area (Å²) in [5.41, 5.74) is 6.87. The smallest absolute Gasteiger partial charge is 0.270 e. The van der Waals surface area contributed by atoms with Crippen molar-refractivity contribution >= 4 is 21.8 Å². The number of sulfonamides is 1. The number of carbonyl (C=O) groups excluding carboxylic acids is 2. The Morgan fingerprint density at radius 2 is 1.55 bits per heavy atom. The second-order valence-electron chi connectivity index (χ2n) is 6.77. The first-order valence-corrected chi connectivity index (χ1v) is 10.6. The maximum atomic E-state index is 12.8. The maximum absolute atomic E-state index is 12.8. The van der Waals surface area contributed by atoms with E-state index in [4.69, 9.17) is 4.74 Å². The molecule has 3 rings (SSSR count). The predicted octanol–water partition coefficient (Wildman–Crippen LogP) is 1.40. The summed E-state index contributed by atoms with van der Waals surface area (Å²) in [7, 11) is -3.73. The van der Waals surface area contributed by atoms with Gasteiger partial charge in [-0.2, -0.15) is 4.31 Å². The first-order valence-electron chi connectivity index (χ1n) is 9.15. The van der Waals surface area contributed by atoms with Gasteiger partial charge in [-0.25, -0.2) is 8.42 Å². The van der Waals surface area contributed by atoms with E-state index in [9.17, 15) is 18.0 Å². The lowest BCUT2D eigenvalue weighted by Crippen LogP contribution is -2.42. The van der Waals surface area contributed by atoms with Crippen LogP contribution in [0.2, 0.25) is 0 Å². The Bertz CT molecular complexity index is 1010. The molecule has 0 unspecified atom stereocenters. The van der Waals surface area contributed by atoms with Crippen LogP contribution >= 0.6 is 0 Å². The highest BCUT2D eigenvalue weighted by atomic mass is 32.2. The molecule has 2 aromatic rings. The number of aryl methyl sites for hydroxylation is 2. The molecule has 8 nitrogen and oxygen atoms in total. The number of hydrogen-bond acceptors (Lipinski definition) is 5. The molecule has 0 aliphatic carbocycles. The van der Waals surface area contributed by atoms with Crippen LogP contribution in [-0.4, -0.2) is 50.8 Å². The molecule has 154 valence electrons. The fourth-order valence-corrected chi connectivity index (χ4v) is 4.33. The van der Waals surface area contributed by atoms with Crippen molar-refractivity contribution in [1.29, 1.82) is 0 Å². The summed E-state index contributed by atoms with van der Waals surface area (Å²) in [6.45, 7) is 4.81.